The van der Waals surface area contributed by atoms with E-state index in [1.807, 2.05) is 111 Å². The van der Waals surface area contributed by atoms with Crippen molar-refractivity contribution in [2.45, 2.75) is 144 Å². The molecule has 8 rings (SSSR count). The first-order valence-electron chi connectivity index (χ1n) is 30.7. The molecule has 1 N–H and O–H groups in total. The zero-order valence-electron chi connectivity index (χ0n) is 56.7. The molecule has 2 heterocycles. The fourth-order valence-electron chi connectivity index (χ4n) is 8.81. The second kappa shape index (κ2) is 17.7. The van der Waals surface area contributed by atoms with Gasteiger partial charge in [-0.3, -0.25) is 9.55 Å². The molecule has 4 heteroatoms. The Morgan fingerprint density at radius 3 is 1.75 bits per heavy atom. The lowest BCUT2D eigenvalue weighted by molar-refractivity contribution is 0.446. The topological polar surface area (TPSA) is 50.9 Å². The molecule has 4 nitrogen and oxygen atoms in total. The van der Waals surface area contributed by atoms with Gasteiger partial charge in [0.25, 0.3) is 0 Å². The molecule has 0 spiro atoms. The van der Waals surface area contributed by atoms with Gasteiger partial charge in [0.15, 0.2) is 0 Å². The lowest BCUT2D eigenvalue weighted by Gasteiger charge is -2.27. The molecule has 6 aromatic carbocycles. The number of hydrogen-bond acceptors (Lipinski definition) is 3. The molecule has 0 bridgehead atoms. The maximum Gasteiger partial charge on any atom is 0.149 e. The van der Waals surface area contributed by atoms with Crippen LogP contribution in [0.25, 0.3) is 72.7 Å². The molecule has 0 amide bonds. The van der Waals surface area contributed by atoms with Crippen LogP contribution in [0.1, 0.15) is 176 Å². The zero-order valence-corrected chi connectivity index (χ0v) is 41.7. The Kier molecular flexibility index (Phi) is 8.44. The number of pyridine rings is 1. The summed E-state index contributed by atoms with van der Waals surface area (Å²) < 4.78 is 131. The zero-order chi connectivity index (χ0) is 62.1. The van der Waals surface area contributed by atoms with E-state index in [-0.39, 0.29) is 22.3 Å². The minimum Gasteiger partial charge on any atom is -0.507 e. The van der Waals surface area contributed by atoms with E-state index in [2.05, 4.69) is 74.4 Å². The van der Waals surface area contributed by atoms with Crippen molar-refractivity contribution in [3.05, 3.63) is 167 Å². The lowest BCUT2D eigenvalue weighted by atomic mass is 9.79. The largest absolute Gasteiger partial charge is 0.507 e. The predicted molar refractivity (Wildman–Crippen MR) is 291 cm³/mol. The summed E-state index contributed by atoms with van der Waals surface area (Å²) in [6.07, 6.45) is 1.43. The van der Waals surface area contributed by atoms with E-state index in [1.165, 1.54) is 12.3 Å². The minimum atomic E-state index is -3.82. The third kappa shape index (κ3) is 9.44. The van der Waals surface area contributed by atoms with E-state index < -0.39 is 78.3 Å². The van der Waals surface area contributed by atoms with Crippen molar-refractivity contribution in [3.8, 4) is 67.5 Å². The van der Waals surface area contributed by atoms with Crippen molar-refractivity contribution in [3.63, 3.8) is 0 Å². The number of aromatic nitrogens is 3. The molecule has 0 unspecified atom stereocenters. The molecule has 350 valence electrons. The normalized spacial score (nSPS) is 16.8. The SMILES string of the molecule is [2H]c1c([2H])c(C(C([2H])([2H])[2H])(C([2H])([2H])[2H])C([2H])([2H])[2H])c([2H])c([2H])c1-c1ccnc(-c2cc(-c3cccc4c3nc(-c3cc(C(C)(C)C)cc(C(C)(C)C)c3O)n4-c3ccc(-c4c(C([2H])(C)C)cccc4C([2H])(C)C)cc3)cc(C(C)(C)C)c2)c1. The van der Waals surface area contributed by atoms with E-state index in [4.69, 9.17) is 27.8 Å². The standard InChI is InChI=1S/C64H73N3O/c1-39(2)50-19-17-20-51(40(3)4)57(50)42-25-29-49(30-26-42)67-56-22-18-21-52(58(56)66-60(67)53-37-48(63(11,12)13)38-54(59(53)68)64(14,15)16)44-33-45(35-47(34-44)62(8,9)10)55-36-43(31-32-65-55)41-23-27-46(28-24-41)61(5,6)7/h17-40,68H,1-16H3/i5D3,6D3,7D3,23D,24D,27D,28D,39D,40D. The van der Waals surface area contributed by atoms with Gasteiger partial charge in [-0.1, -0.05) is 189 Å². The number of nitrogens with zero attached hydrogens (tertiary/aromatic N) is 3. The summed E-state index contributed by atoms with van der Waals surface area (Å²) >= 11 is 0. The number of rotatable bonds is 8. The minimum absolute atomic E-state index is 0.0969. The van der Waals surface area contributed by atoms with E-state index in [0.29, 0.717) is 28.2 Å². The average molecular weight is 915 g/mol. The number of phenols is 1. The number of imidazole rings is 1. The van der Waals surface area contributed by atoms with E-state index in [1.54, 1.807) is 6.07 Å². The van der Waals surface area contributed by atoms with Crippen molar-refractivity contribution in [2.75, 3.05) is 0 Å². The van der Waals surface area contributed by atoms with Crippen LogP contribution >= 0.6 is 0 Å². The highest BCUT2D eigenvalue weighted by atomic mass is 16.3. The summed E-state index contributed by atoms with van der Waals surface area (Å²) in [4.78, 5) is 10.3. The molecule has 0 radical (unpaired) electrons. The summed E-state index contributed by atoms with van der Waals surface area (Å²) in [5.74, 6) is -1.37. The quantitative estimate of drug-likeness (QED) is 0.165. The molecule has 68 heavy (non-hydrogen) atoms. The third-order valence-electron chi connectivity index (χ3n) is 12.7. The number of aromatic hydroxyl groups is 1. The maximum absolute atomic E-state index is 12.6. The second-order valence-electron chi connectivity index (χ2n) is 21.6. The second-order valence-corrected chi connectivity index (χ2v) is 21.6. The van der Waals surface area contributed by atoms with Crippen LogP contribution in [-0.2, 0) is 21.7 Å². The Bertz CT molecular complexity index is 3740. The summed E-state index contributed by atoms with van der Waals surface area (Å²) in [6.45, 7) is 14.7. The summed E-state index contributed by atoms with van der Waals surface area (Å²) in [7, 11) is 0. The van der Waals surface area contributed by atoms with Gasteiger partial charge in [-0.2, -0.15) is 0 Å². The fourth-order valence-corrected chi connectivity index (χ4v) is 8.81. The summed E-state index contributed by atoms with van der Waals surface area (Å²) in [6, 6.07) is 29.0. The molecular formula is C64H73N3O. The van der Waals surface area contributed by atoms with Gasteiger partial charge in [-0.15, -0.1) is 0 Å². The van der Waals surface area contributed by atoms with Gasteiger partial charge >= 0.3 is 0 Å². The van der Waals surface area contributed by atoms with Crippen molar-refractivity contribution < 1.29 is 25.7 Å². The predicted octanol–water partition coefficient (Wildman–Crippen LogP) is 17.9. The van der Waals surface area contributed by atoms with Gasteiger partial charge in [0.2, 0.25) is 0 Å². The fraction of sp³-hybridized carbons (Fsp3) is 0.344. The number of fused-ring (bicyclic) bond motifs is 1. The molecule has 8 aromatic rings. The van der Waals surface area contributed by atoms with Gasteiger partial charge in [0, 0.05) is 43.7 Å². The Labute approximate surface area is 428 Å². The average Bonchev–Trinajstić information content (AvgIpc) is 1.78. The van der Waals surface area contributed by atoms with Crippen molar-refractivity contribution >= 4 is 11.0 Å². The summed E-state index contributed by atoms with van der Waals surface area (Å²) in [5.41, 5.74) is 4.48. The van der Waals surface area contributed by atoms with Crippen LogP contribution in [0.5, 0.6) is 5.75 Å². The van der Waals surface area contributed by atoms with Gasteiger partial charge in [-0.05, 0) is 138 Å². The van der Waals surface area contributed by atoms with Crippen LogP contribution in [0, 0.1) is 0 Å². The Morgan fingerprint density at radius 2 is 1.16 bits per heavy atom. The smallest absolute Gasteiger partial charge is 0.149 e. The number of hydrogen-bond donors (Lipinski definition) is 1. The molecule has 0 aliphatic carbocycles. The Hall–Kier alpha value is -6.26. The van der Waals surface area contributed by atoms with Crippen LogP contribution in [0.15, 0.2) is 133 Å². The Balaban J connectivity index is 1.39. The van der Waals surface area contributed by atoms with Crippen molar-refractivity contribution in [1.82, 2.24) is 14.5 Å². The van der Waals surface area contributed by atoms with Gasteiger partial charge in [-0.25, -0.2) is 4.98 Å². The number of phenolic OH excluding ortho intramolecular Hbond substituents is 1. The van der Waals surface area contributed by atoms with Gasteiger partial charge in [0.05, 0.1) is 27.8 Å². The van der Waals surface area contributed by atoms with E-state index in [0.717, 1.165) is 61.3 Å². The molecule has 0 saturated heterocycles. The first-order valence-corrected chi connectivity index (χ1v) is 23.2. The molecule has 0 fully saturated rings. The molecule has 0 atom stereocenters. The summed E-state index contributed by atoms with van der Waals surface area (Å²) in [5, 5.41) is 12.6. The molecule has 0 aliphatic heterocycles. The van der Waals surface area contributed by atoms with Gasteiger partial charge < -0.3 is 5.11 Å². The lowest BCUT2D eigenvalue weighted by Crippen LogP contribution is -2.17. The molecule has 0 aliphatic rings. The maximum atomic E-state index is 12.6. The highest BCUT2D eigenvalue weighted by molar-refractivity contribution is 5.97. The first kappa shape index (κ1) is 32.5. The highest BCUT2D eigenvalue weighted by Crippen LogP contribution is 2.46. The van der Waals surface area contributed by atoms with Crippen molar-refractivity contribution in [2.24, 2.45) is 0 Å². The van der Waals surface area contributed by atoms with Crippen LogP contribution in [-0.4, -0.2) is 19.6 Å². The number of para-hydroxylation sites is 1. The monoisotopic (exact) mass is 915 g/mol. The third-order valence-corrected chi connectivity index (χ3v) is 12.7. The molecule has 2 aromatic heterocycles. The molecular weight excluding hydrogens is 827 g/mol. The van der Waals surface area contributed by atoms with Crippen LogP contribution in [0.4, 0.5) is 0 Å². The molecule has 0 saturated carbocycles. The number of benzene rings is 6. The Morgan fingerprint density at radius 1 is 0.559 bits per heavy atom. The van der Waals surface area contributed by atoms with Crippen LogP contribution in [0.2, 0.25) is 0 Å². The highest BCUT2D eigenvalue weighted by Gasteiger charge is 2.29. The van der Waals surface area contributed by atoms with Gasteiger partial charge in [0.1, 0.15) is 11.6 Å². The van der Waals surface area contributed by atoms with Crippen LogP contribution in [0.3, 0.4) is 0 Å². The van der Waals surface area contributed by atoms with E-state index in [9.17, 15) is 7.85 Å². The van der Waals surface area contributed by atoms with Crippen molar-refractivity contribution in [1.29, 1.82) is 0 Å². The van der Waals surface area contributed by atoms with Crippen LogP contribution < -0.4 is 0 Å². The van der Waals surface area contributed by atoms with E-state index >= 15 is 0 Å². The first-order chi connectivity index (χ1) is 37.8.